The molecule has 0 saturated carbocycles. The average Bonchev–Trinajstić information content (AvgIpc) is 2.34. The van der Waals surface area contributed by atoms with Gasteiger partial charge in [0.25, 0.3) is 0 Å². The third-order valence-corrected chi connectivity index (χ3v) is 3.65. The molecule has 0 amide bonds. The number of phenols is 1. The normalized spacial score (nSPS) is 10.3. The number of aromatic hydroxyl groups is 1. The Balaban J connectivity index is 2.34. The van der Waals surface area contributed by atoms with Crippen LogP contribution in [-0.4, -0.2) is 16.2 Å². The van der Waals surface area contributed by atoms with E-state index in [-0.39, 0.29) is 16.3 Å². The molecule has 0 bridgehead atoms. The number of benzene rings is 2. The molecular formula is C13H9ClO3S. The van der Waals surface area contributed by atoms with Crippen molar-refractivity contribution in [1.29, 1.82) is 0 Å². The molecule has 5 heteroatoms. The summed E-state index contributed by atoms with van der Waals surface area (Å²) in [5.74, 6) is -0.995. The first kappa shape index (κ1) is 12.8. The molecule has 0 aliphatic rings. The van der Waals surface area contributed by atoms with Gasteiger partial charge < -0.3 is 10.2 Å². The molecule has 0 spiro atoms. The van der Waals surface area contributed by atoms with E-state index in [9.17, 15) is 9.90 Å². The first-order valence-electron chi connectivity index (χ1n) is 5.06. The van der Waals surface area contributed by atoms with Gasteiger partial charge in [0.05, 0.1) is 10.6 Å². The lowest BCUT2D eigenvalue weighted by molar-refractivity contribution is 0.0693. The number of hydrogen-bond acceptors (Lipinski definition) is 3. The highest BCUT2D eigenvalue weighted by molar-refractivity contribution is 7.99. The van der Waals surface area contributed by atoms with Crippen molar-refractivity contribution < 1.29 is 15.0 Å². The summed E-state index contributed by atoms with van der Waals surface area (Å²) in [6, 6.07) is 11.5. The standard InChI is InChI=1S/C13H9ClO3S/c14-10-6-5-8(7-11(10)15)18-12-4-2-1-3-9(12)13(16)17/h1-7,15H,(H,16,17). The van der Waals surface area contributed by atoms with Gasteiger partial charge in [0.15, 0.2) is 0 Å². The topological polar surface area (TPSA) is 57.5 Å². The van der Waals surface area contributed by atoms with Crippen LogP contribution in [0.2, 0.25) is 5.02 Å². The summed E-state index contributed by atoms with van der Waals surface area (Å²) < 4.78 is 0. The van der Waals surface area contributed by atoms with Crippen LogP contribution in [0.25, 0.3) is 0 Å². The van der Waals surface area contributed by atoms with Crippen LogP contribution in [-0.2, 0) is 0 Å². The van der Waals surface area contributed by atoms with Gasteiger partial charge in [-0.25, -0.2) is 4.79 Å². The number of carboxylic acids is 1. The maximum absolute atomic E-state index is 11.0. The van der Waals surface area contributed by atoms with Crippen molar-refractivity contribution in [2.75, 3.05) is 0 Å². The summed E-state index contributed by atoms with van der Waals surface area (Å²) in [6.07, 6.45) is 0. The van der Waals surface area contributed by atoms with E-state index in [1.54, 1.807) is 36.4 Å². The highest BCUT2D eigenvalue weighted by atomic mass is 35.5. The van der Waals surface area contributed by atoms with Crippen LogP contribution in [0.5, 0.6) is 5.75 Å². The molecule has 0 aliphatic carbocycles. The molecule has 2 aromatic carbocycles. The highest BCUT2D eigenvalue weighted by Gasteiger charge is 2.10. The Morgan fingerprint density at radius 1 is 1.17 bits per heavy atom. The van der Waals surface area contributed by atoms with E-state index < -0.39 is 5.97 Å². The fraction of sp³-hybridized carbons (Fsp3) is 0. The summed E-state index contributed by atoms with van der Waals surface area (Å²) in [5, 5.41) is 18.8. The summed E-state index contributed by atoms with van der Waals surface area (Å²) in [4.78, 5) is 12.4. The van der Waals surface area contributed by atoms with Gasteiger partial charge in [0, 0.05) is 9.79 Å². The fourth-order valence-electron chi connectivity index (χ4n) is 1.42. The van der Waals surface area contributed by atoms with Crippen LogP contribution in [0, 0.1) is 0 Å². The number of halogens is 1. The zero-order valence-corrected chi connectivity index (χ0v) is 10.7. The van der Waals surface area contributed by atoms with E-state index in [4.69, 9.17) is 16.7 Å². The second kappa shape index (κ2) is 5.33. The molecule has 2 aromatic rings. The number of rotatable bonds is 3. The van der Waals surface area contributed by atoms with Gasteiger partial charge in [-0.15, -0.1) is 0 Å². The SMILES string of the molecule is O=C(O)c1ccccc1Sc1ccc(Cl)c(O)c1. The van der Waals surface area contributed by atoms with E-state index in [2.05, 4.69) is 0 Å². The number of carboxylic acid groups (broad SMARTS) is 1. The van der Waals surface area contributed by atoms with E-state index in [1.165, 1.54) is 17.8 Å². The van der Waals surface area contributed by atoms with Crippen LogP contribution >= 0.6 is 23.4 Å². The molecule has 0 atom stereocenters. The highest BCUT2D eigenvalue weighted by Crippen LogP contribution is 2.34. The molecule has 18 heavy (non-hydrogen) atoms. The molecule has 92 valence electrons. The summed E-state index contributed by atoms with van der Waals surface area (Å²) in [6.45, 7) is 0. The minimum atomic E-state index is -0.976. The molecule has 0 radical (unpaired) electrons. The molecule has 3 nitrogen and oxygen atoms in total. The Hall–Kier alpha value is -1.65. The maximum atomic E-state index is 11.0. The van der Waals surface area contributed by atoms with Crippen molar-refractivity contribution in [3.05, 3.63) is 53.1 Å². The van der Waals surface area contributed by atoms with Crippen molar-refractivity contribution in [2.45, 2.75) is 9.79 Å². The van der Waals surface area contributed by atoms with Crippen molar-refractivity contribution in [2.24, 2.45) is 0 Å². The second-order valence-corrected chi connectivity index (χ2v) is 5.04. The Morgan fingerprint density at radius 2 is 1.89 bits per heavy atom. The lowest BCUT2D eigenvalue weighted by Crippen LogP contribution is -1.97. The Morgan fingerprint density at radius 3 is 2.56 bits per heavy atom. The fourth-order valence-corrected chi connectivity index (χ4v) is 2.51. The van der Waals surface area contributed by atoms with Gasteiger partial charge in [-0.1, -0.05) is 35.5 Å². The van der Waals surface area contributed by atoms with E-state index in [0.717, 1.165) is 4.90 Å². The predicted molar refractivity (Wildman–Crippen MR) is 70.6 cm³/mol. The van der Waals surface area contributed by atoms with Crippen LogP contribution in [0.1, 0.15) is 10.4 Å². The predicted octanol–water partition coefficient (Wildman–Crippen LogP) is 3.90. The van der Waals surface area contributed by atoms with Gasteiger partial charge in [0.2, 0.25) is 0 Å². The third-order valence-electron chi connectivity index (χ3n) is 2.26. The van der Waals surface area contributed by atoms with E-state index in [0.29, 0.717) is 4.90 Å². The quantitative estimate of drug-likeness (QED) is 0.895. The van der Waals surface area contributed by atoms with Gasteiger partial charge in [-0.3, -0.25) is 0 Å². The summed E-state index contributed by atoms with van der Waals surface area (Å²) in [5.41, 5.74) is 0.233. The van der Waals surface area contributed by atoms with E-state index in [1.807, 2.05) is 0 Å². The molecule has 2 N–H and O–H groups in total. The Bertz CT molecular complexity index is 599. The average molecular weight is 281 g/mol. The number of aromatic carboxylic acids is 1. The van der Waals surface area contributed by atoms with Crippen molar-refractivity contribution in [1.82, 2.24) is 0 Å². The molecule has 0 aliphatic heterocycles. The zero-order valence-electron chi connectivity index (χ0n) is 9.13. The van der Waals surface area contributed by atoms with Crippen molar-refractivity contribution in [3.63, 3.8) is 0 Å². The van der Waals surface area contributed by atoms with Gasteiger partial charge in [-0.2, -0.15) is 0 Å². The second-order valence-electron chi connectivity index (χ2n) is 3.52. The van der Waals surface area contributed by atoms with Crippen molar-refractivity contribution in [3.8, 4) is 5.75 Å². The molecule has 0 aromatic heterocycles. The first-order chi connectivity index (χ1) is 8.58. The molecular weight excluding hydrogens is 272 g/mol. The van der Waals surface area contributed by atoms with Crippen LogP contribution in [0.3, 0.4) is 0 Å². The smallest absolute Gasteiger partial charge is 0.336 e. The zero-order chi connectivity index (χ0) is 13.1. The number of phenolic OH excluding ortho intramolecular Hbond substituents is 1. The number of hydrogen-bond donors (Lipinski definition) is 2. The Labute approximate surface area is 113 Å². The van der Waals surface area contributed by atoms with E-state index >= 15 is 0 Å². The third kappa shape index (κ3) is 2.78. The lowest BCUT2D eigenvalue weighted by Gasteiger charge is -2.06. The molecule has 0 saturated heterocycles. The van der Waals surface area contributed by atoms with Gasteiger partial charge >= 0.3 is 5.97 Å². The molecule has 2 rings (SSSR count). The summed E-state index contributed by atoms with van der Waals surface area (Å²) in [7, 11) is 0. The molecule has 0 fully saturated rings. The monoisotopic (exact) mass is 280 g/mol. The van der Waals surface area contributed by atoms with Crippen LogP contribution in [0.15, 0.2) is 52.3 Å². The first-order valence-corrected chi connectivity index (χ1v) is 6.26. The Kier molecular flexibility index (Phi) is 3.79. The summed E-state index contributed by atoms with van der Waals surface area (Å²) >= 11 is 6.98. The van der Waals surface area contributed by atoms with Gasteiger partial charge in [-0.05, 0) is 30.3 Å². The lowest BCUT2D eigenvalue weighted by atomic mass is 10.2. The molecule has 0 unspecified atom stereocenters. The largest absolute Gasteiger partial charge is 0.506 e. The van der Waals surface area contributed by atoms with Crippen molar-refractivity contribution >= 4 is 29.3 Å². The van der Waals surface area contributed by atoms with Crippen LogP contribution in [0.4, 0.5) is 0 Å². The number of carbonyl (C=O) groups is 1. The molecule has 0 heterocycles. The minimum absolute atomic E-state index is 0.0190. The minimum Gasteiger partial charge on any atom is -0.506 e. The van der Waals surface area contributed by atoms with Crippen LogP contribution < -0.4 is 0 Å². The maximum Gasteiger partial charge on any atom is 0.336 e. The van der Waals surface area contributed by atoms with Gasteiger partial charge in [0.1, 0.15) is 5.75 Å².